The van der Waals surface area contributed by atoms with Crippen LogP contribution in [0.1, 0.15) is 11.3 Å². The number of nitrogens with two attached hydrogens (primary N) is 1. The van der Waals surface area contributed by atoms with Crippen molar-refractivity contribution in [3.8, 4) is 0 Å². The second-order valence-electron chi connectivity index (χ2n) is 3.15. The Hall–Kier alpha value is -1.68. The van der Waals surface area contributed by atoms with E-state index in [1.165, 1.54) is 6.20 Å². The van der Waals surface area contributed by atoms with Gasteiger partial charge < -0.3 is 5.73 Å². The van der Waals surface area contributed by atoms with Gasteiger partial charge in [-0.25, -0.2) is 4.98 Å². The molecule has 0 spiro atoms. The number of nitrogens with zero attached hydrogens (tertiary/aromatic N) is 2. The summed E-state index contributed by atoms with van der Waals surface area (Å²) >= 11 is 0. The Kier molecular flexibility index (Phi) is 2.05. The van der Waals surface area contributed by atoms with Crippen LogP contribution in [-0.4, -0.2) is 9.38 Å². The van der Waals surface area contributed by atoms with Gasteiger partial charge in [0.15, 0.2) is 0 Å². The third-order valence-corrected chi connectivity index (χ3v) is 2.21. The summed E-state index contributed by atoms with van der Waals surface area (Å²) in [5.74, 6) is 0. The van der Waals surface area contributed by atoms with Crippen molar-refractivity contribution in [2.75, 3.05) is 0 Å². The monoisotopic (exact) mass is 189 g/mol. The van der Waals surface area contributed by atoms with Crippen LogP contribution in [0.4, 0.5) is 0 Å². The number of hydrogen-bond donors (Lipinski definition) is 1. The SMILES string of the molecule is Cc1cccc2ncc(CN)c(=O)n12. The number of pyridine rings is 1. The van der Waals surface area contributed by atoms with E-state index >= 15 is 0 Å². The van der Waals surface area contributed by atoms with Gasteiger partial charge in [0.2, 0.25) is 0 Å². The van der Waals surface area contributed by atoms with E-state index in [-0.39, 0.29) is 12.1 Å². The summed E-state index contributed by atoms with van der Waals surface area (Å²) in [5, 5.41) is 0. The van der Waals surface area contributed by atoms with Crippen LogP contribution in [0.2, 0.25) is 0 Å². The summed E-state index contributed by atoms with van der Waals surface area (Å²) in [6.07, 6.45) is 1.54. The summed E-state index contributed by atoms with van der Waals surface area (Å²) < 4.78 is 1.57. The summed E-state index contributed by atoms with van der Waals surface area (Å²) in [6, 6.07) is 5.55. The highest BCUT2D eigenvalue weighted by molar-refractivity contribution is 5.39. The molecule has 0 fully saturated rings. The normalized spacial score (nSPS) is 10.7. The summed E-state index contributed by atoms with van der Waals surface area (Å²) in [4.78, 5) is 16.0. The highest BCUT2D eigenvalue weighted by Gasteiger charge is 2.03. The van der Waals surface area contributed by atoms with Crippen molar-refractivity contribution in [3.63, 3.8) is 0 Å². The lowest BCUT2D eigenvalue weighted by Crippen LogP contribution is -2.22. The van der Waals surface area contributed by atoms with E-state index < -0.39 is 0 Å². The van der Waals surface area contributed by atoms with E-state index in [0.29, 0.717) is 11.2 Å². The molecule has 0 atom stereocenters. The van der Waals surface area contributed by atoms with Crippen molar-refractivity contribution in [2.45, 2.75) is 13.5 Å². The van der Waals surface area contributed by atoms with E-state index in [1.54, 1.807) is 10.5 Å². The third-order valence-electron chi connectivity index (χ3n) is 2.21. The van der Waals surface area contributed by atoms with Crippen molar-refractivity contribution < 1.29 is 0 Å². The number of fused-ring (bicyclic) bond motifs is 1. The molecule has 0 saturated heterocycles. The Morgan fingerprint density at radius 2 is 2.29 bits per heavy atom. The minimum Gasteiger partial charge on any atom is -0.326 e. The molecule has 2 aromatic rings. The zero-order valence-corrected chi connectivity index (χ0v) is 7.90. The summed E-state index contributed by atoms with van der Waals surface area (Å²) in [7, 11) is 0. The van der Waals surface area contributed by atoms with Gasteiger partial charge in [-0.3, -0.25) is 9.20 Å². The molecular weight excluding hydrogens is 178 g/mol. The van der Waals surface area contributed by atoms with Crippen LogP contribution in [0.15, 0.2) is 29.2 Å². The molecule has 2 aromatic heterocycles. The van der Waals surface area contributed by atoms with Gasteiger partial charge in [-0.05, 0) is 19.1 Å². The Morgan fingerprint density at radius 1 is 1.50 bits per heavy atom. The molecule has 4 heteroatoms. The molecule has 0 amide bonds. The van der Waals surface area contributed by atoms with Crippen molar-refractivity contribution in [3.05, 3.63) is 46.0 Å². The van der Waals surface area contributed by atoms with E-state index in [1.807, 2.05) is 19.1 Å². The lowest BCUT2D eigenvalue weighted by molar-refractivity contribution is 0.921. The fourth-order valence-corrected chi connectivity index (χ4v) is 1.45. The molecule has 0 unspecified atom stereocenters. The maximum absolute atomic E-state index is 11.8. The molecule has 0 aliphatic carbocycles. The number of aryl methyl sites for hydroxylation is 1. The molecule has 0 bridgehead atoms. The topological polar surface area (TPSA) is 60.4 Å². The first-order valence-corrected chi connectivity index (χ1v) is 4.40. The third kappa shape index (κ3) is 1.20. The second kappa shape index (κ2) is 3.23. The summed E-state index contributed by atoms with van der Waals surface area (Å²) in [5.41, 5.74) is 7.43. The van der Waals surface area contributed by atoms with E-state index in [2.05, 4.69) is 4.98 Å². The predicted molar refractivity (Wildman–Crippen MR) is 54.1 cm³/mol. The largest absolute Gasteiger partial charge is 0.326 e. The van der Waals surface area contributed by atoms with E-state index in [9.17, 15) is 4.79 Å². The van der Waals surface area contributed by atoms with E-state index in [0.717, 1.165) is 5.69 Å². The first-order valence-electron chi connectivity index (χ1n) is 4.40. The maximum Gasteiger partial charge on any atom is 0.262 e. The highest BCUT2D eigenvalue weighted by Crippen LogP contribution is 2.01. The molecule has 2 N–H and O–H groups in total. The van der Waals surface area contributed by atoms with Crippen molar-refractivity contribution in [1.29, 1.82) is 0 Å². The van der Waals surface area contributed by atoms with Gasteiger partial charge in [-0.1, -0.05) is 6.07 Å². The minimum atomic E-state index is -0.0735. The van der Waals surface area contributed by atoms with Gasteiger partial charge in [0.1, 0.15) is 5.65 Å². The van der Waals surface area contributed by atoms with Crippen LogP contribution in [0.3, 0.4) is 0 Å². The summed E-state index contributed by atoms with van der Waals surface area (Å²) in [6.45, 7) is 2.10. The maximum atomic E-state index is 11.8. The van der Waals surface area contributed by atoms with Gasteiger partial charge in [0.25, 0.3) is 5.56 Å². The van der Waals surface area contributed by atoms with Crippen LogP contribution in [0.5, 0.6) is 0 Å². The number of rotatable bonds is 1. The standard InChI is InChI=1S/C10H11N3O/c1-7-3-2-4-9-12-6-8(5-11)10(14)13(7)9/h2-4,6H,5,11H2,1H3. The molecule has 0 aliphatic heterocycles. The second-order valence-corrected chi connectivity index (χ2v) is 3.15. The molecule has 0 saturated carbocycles. The van der Waals surface area contributed by atoms with E-state index in [4.69, 9.17) is 5.73 Å². The van der Waals surface area contributed by atoms with Gasteiger partial charge in [0.05, 0.1) is 0 Å². The predicted octanol–water partition coefficient (Wildman–Crippen LogP) is 0.462. The van der Waals surface area contributed by atoms with Crippen LogP contribution in [0.25, 0.3) is 5.65 Å². The van der Waals surface area contributed by atoms with Gasteiger partial charge in [-0.15, -0.1) is 0 Å². The molecule has 0 radical (unpaired) electrons. The van der Waals surface area contributed by atoms with Gasteiger partial charge in [0, 0.05) is 24.0 Å². The molecule has 14 heavy (non-hydrogen) atoms. The molecule has 72 valence electrons. The van der Waals surface area contributed by atoms with Crippen molar-refractivity contribution >= 4 is 5.65 Å². The smallest absolute Gasteiger partial charge is 0.262 e. The number of aromatic nitrogens is 2. The first-order chi connectivity index (χ1) is 6.74. The molecule has 0 aliphatic rings. The van der Waals surface area contributed by atoms with Gasteiger partial charge in [-0.2, -0.15) is 0 Å². The minimum absolute atomic E-state index is 0.0735. The Balaban J connectivity index is 2.94. The van der Waals surface area contributed by atoms with Crippen LogP contribution >= 0.6 is 0 Å². The Bertz CT molecular complexity index is 530. The van der Waals surface area contributed by atoms with Crippen molar-refractivity contribution in [1.82, 2.24) is 9.38 Å². The quantitative estimate of drug-likeness (QED) is 0.709. The Labute approximate surface area is 81.0 Å². The molecular formula is C10H11N3O. The molecule has 4 nitrogen and oxygen atoms in total. The molecule has 2 heterocycles. The van der Waals surface area contributed by atoms with Crippen LogP contribution < -0.4 is 11.3 Å². The average molecular weight is 189 g/mol. The fraction of sp³-hybridized carbons (Fsp3) is 0.200. The fourth-order valence-electron chi connectivity index (χ4n) is 1.45. The number of hydrogen-bond acceptors (Lipinski definition) is 3. The first kappa shape index (κ1) is 8.90. The van der Waals surface area contributed by atoms with Crippen LogP contribution in [-0.2, 0) is 6.54 Å². The highest BCUT2D eigenvalue weighted by atomic mass is 16.1. The zero-order valence-electron chi connectivity index (χ0n) is 7.90. The lowest BCUT2D eigenvalue weighted by Gasteiger charge is -2.04. The molecule has 0 aromatic carbocycles. The molecule has 2 rings (SSSR count). The zero-order chi connectivity index (χ0) is 10.1. The average Bonchev–Trinajstić information content (AvgIpc) is 2.18. The van der Waals surface area contributed by atoms with Crippen molar-refractivity contribution in [2.24, 2.45) is 5.73 Å². The lowest BCUT2D eigenvalue weighted by atomic mass is 10.3. The Morgan fingerprint density at radius 3 is 3.00 bits per heavy atom. The van der Waals surface area contributed by atoms with Crippen LogP contribution in [0, 0.1) is 6.92 Å². The van der Waals surface area contributed by atoms with Gasteiger partial charge >= 0.3 is 0 Å².